The Morgan fingerprint density at radius 2 is 2.14 bits per heavy atom. The van der Waals surface area contributed by atoms with Gasteiger partial charge in [-0.1, -0.05) is 12.1 Å². The van der Waals surface area contributed by atoms with E-state index in [1.165, 1.54) is 19.2 Å². The predicted octanol–water partition coefficient (Wildman–Crippen LogP) is 2.41. The van der Waals surface area contributed by atoms with E-state index < -0.39 is 5.97 Å². The summed E-state index contributed by atoms with van der Waals surface area (Å²) in [5, 5.41) is 12.1. The largest absolute Gasteiger partial charge is 0.481 e. The Kier molecular flexibility index (Phi) is 5.95. The highest BCUT2D eigenvalue weighted by Crippen LogP contribution is 2.22. The summed E-state index contributed by atoms with van der Waals surface area (Å²) in [6, 6.07) is 10.3. The standard InChI is InChI=1S/C14H15N3O3.ClH/c1-20-12-6-5-11(14(18)19)13(17-12)16-10-4-2-3-9(7-10)8-15;/h2-7H,8,15H2,1H3,(H,16,17)(H,18,19);1H. The Bertz CT molecular complexity index is 635. The van der Waals surface area contributed by atoms with Crippen molar-refractivity contribution in [2.45, 2.75) is 6.54 Å². The molecule has 2 aromatic rings. The third-order valence-electron chi connectivity index (χ3n) is 2.73. The molecule has 1 heterocycles. The van der Waals surface area contributed by atoms with Gasteiger partial charge in [-0.3, -0.25) is 0 Å². The number of nitrogens with zero attached hydrogens (tertiary/aromatic N) is 1. The number of nitrogens with two attached hydrogens (primary N) is 1. The van der Waals surface area contributed by atoms with Gasteiger partial charge in [0.15, 0.2) is 0 Å². The number of carbonyl (C=O) groups is 1. The molecule has 0 amide bonds. The van der Waals surface area contributed by atoms with Gasteiger partial charge in [-0.05, 0) is 23.8 Å². The number of benzene rings is 1. The summed E-state index contributed by atoms with van der Waals surface area (Å²) in [6.45, 7) is 0.410. The summed E-state index contributed by atoms with van der Waals surface area (Å²) < 4.78 is 5.01. The maximum absolute atomic E-state index is 11.2. The van der Waals surface area contributed by atoms with Crippen LogP contribution in [0.15, 0.2) is 36.4 Å². The van der Waals surface area contributed by atoms with Crippen LogP contribution in [0, 0.1) is 0 Å². The zero-order chi connectivity index (χ0) is 14.5. The van der Waals surface area contributed by atoms with Gasteiger partial charge >= 0.3 is 5.97 Å². The number of rotatable bonds is 5. The average Bonchev–Trinajstić information content (AvgIpc) is 2.47. The number of pyridine rings is 1. The lowest BCUT2D eigenvalue weighted by Crippen LogP contribution is -2.06. The quantitative estimate of drug-likeness (QED) is 0.784. The van der Waals surface area contributed by atoms with Crippen LogP contribution in [-0.4, -0.2) is 23.2 Å². The molecule has 1 aromatic heterocycles. The van der Waals surface area contributed by atoms with Gasteiger partial charge in [-0.15, -0.1) is 12.4 Å². The van der Waals surface area contributed by atoms with E-state index >= 15 is 0 Å². The number of hydrogen-bond donors (Lipinski definition) is 3. The van der Waals surface area contributed by atoms with Gasteiger partial charge in [0.25, 0.3) is 0 Å². The molecule has 112 valence electrons. The first-order valence-electron chi connectivity index (χ1n) is 5.98. The number of halogens is 1. The molecule has 2 rings (SSSR count). The van der Waals surface area contributed by atoms with Crippen LogP contribution >= 0.6 is 12.4 Å². The van der Waals surface area contributed by atoms with Crippen LogP contribution in [0.5, 0.6) is 5.88 Å². The highest BCUT2D eigenvalue weighted by molar-refractivity contribution is 5.94. The number of hydrogen-bond acceptors (Lipinski definition) is 5. The van der Waals surface area contributed by atoms with Gasteiger partial charge in [-0.2, -0.15) is 4.98 Å². The number of carboxylic acids is 1. The van der Waals surface area contributed by atoms with Crippen molar-refractivity contribution < 1.29 is 14.6 Å². The van der Waals surface area contributed by atoms with E-state index in [9.17, 15) is 4.79 Å². The Balaban J connectivity index is 0.00000220. The Labute approximate surface area is 128 Å². The minimum absolute atomic E-state index is 0. The van der Waals surface area contributed by atoms with Crippen molar-refractivity contribution in [2.75, 3.05) is 12.4 Å². The third-order valence-corrected chi connectivity index (χ3v) is 2.73. The predicted molar refractivity (Wildman–Crippen MR) is 82.6 cm³/mol. The third kappa shape index (κ3) is 4.08. The number of ether oxygens (including phenoxy) is 1. The molecular weight excluding hydrogens is 294 g/mol. The normalized spacial score (nSPS) is 9.62. The van der Waals surface area contributed by atoms with Crippen LogP contribution in [0.4, 0.5) is 11.5 Å². The lowest BCUT2D eigenvalue weighted by Gasteiger charge is -2.11. The van der Waals surface area contributed by atoms with E-state index in [0.717, 1.165) is 11.3 Å². The van der Waals surface area contributed by atoms with Crippen molar-refractivity contribution in [3.63, 3.8) is 0 Å². The van der Waals surface area contributed by atoms with E-state index in [4.69, 9.17) is 15.6 Å². The number of carboxylic acid groups (broad SMARTS) is 1. The first-order chi connectivity index (χ1) is 9.63. The average molecular weight is 310 g/mol. The number of aromatic carboxylic acids is 1. The molecule has 4 N–H and O–H groups in total. The number of methoxy groups -OCH3 is 1. The molecule has 21 heavy (non-hydrogen) atoms. The molecule has 0 atom stereocenters. The van der Waals surface area contributed by atoms with Gasteiger partial charge in [0, 0.05) is 18.3 Å². The van der Waals surface area contributed by atoms with E-state index in [1.807, 2.05) is 24.3 Å². The molecule has 0 spiro atoms. The van der Waals surface area contributed by atoms with Crippen LogP contribution in [0.3, 0.4) is 0 Å². The van der Waals surface area contributed by atoms with Gasteiger partial charge in [0.05, 0.1) is 7.11 Å². The van der Waals surface area contributed by atoms with E-state index in [2.05, 4.69) is 10.3 Å². The second-order valence-corrected chi connectivity index (χ2v) is 4.08. The molecule has 0 aliphatic heterocycles. The lowest BCUT2D eigenvalue weighted by atomic mass is 10.2. The molecule has 0 saturated heterocycles. The zero-order valence-corrected chi connectivity index (χ0v) is 12.2. The van der Waals surface area contributed by atoms with Crippen molar-refractivity contribution in [1.29, 1.82) is 0 Å². The molecule has 0 aliphatic carbocycles. The van der Waals surface area contributed by atoms with Crippen LogP contribution in [0.25, 0.3) is 0 Å². The minimum atomic E-state index is -1.06. The molecule has 7 heteroatoms. The van der Waals surface area contributed by atoms with E-state index in [0.29, 0.717) is 12.4 Å². The van der Waals surface area contributed by atoms with Crippen molar-refractivity contribution in [3.05, 3.63) is 47.5 Å². The summed E-state index contributed by atoms with van der Waals surface area (Å²) in [6.07, 6.45) is 0. The Morgan fingerprint density at radius 3 is 2.76 bits per heavy atom. The van der Waals surface area contributed by atoms with Crippen LogP contribution in [0.1, 0.15) is 15.9 Å². The van der Waals surface area contributed by atoms with E-state index in [1.54, 1.807) is 0 Å². The fourth-order valence-electron chi connectivity index (χ4n) is 1.74. The first kappa shape index (κ1) is 16.7. The van der Waals surface area contributed by atoms with Crippen molar-refractivity contribution in [1.82, 2.24) is 4.98 Å². The maximum Gasteiger partial charge on any atom is 0.339 e. The SMILES string of the molecule is COc1ccc(C(=O)O)c(Nc2cccc(CN)c2)n1.Cl. The first-order valence-corrected chi connectivity index (χ1v) is 5.98. The summed E-state index contributed by atoms with van der Waals surface area (Å²) in [7, 11) is 1.47. The molecule has 0 saturated carbocycles. The second-order valence-electron chi connectivity index (χ2n) is 4.08. The zero-order valence-electron chi connectivity index (χ0n) is 11.4. The maximum atomic E-state index is 11.2. The Morgan fingerprint density at radius 1 is 1.38 bits per heavy atom. The van der Waals surface area contributed by atoms with Gasteiger partial charge < -0.3 is 20.9 Å². The molecule has 0 aliphatic rings. The summed E-state index contributed by atoms with van der Waals surface area (Å²) in [4.78, 5) is 15.3. The minimum Gasteiger partial charge on any atom is -0.481 e. The molecule has 6 nitrogen and oxygen atoms in total. The van der Waals surface area contributed by atoms with Crippen LogP contribution < -0.4 is 15.8 Å². The monoisotopic (exact) mass is 309 g/mol. The molecular formula is C14H16ClN3O3. The molecule has 0 fully saturated rings. The van der Waals surface area contributed by atoms with E-state index in [-0.39, 0.29) is 23.8 Å². The molecule has 1 aromatic carbocycles. The smallest absolute Gasteiger partial charge is 0.339 e. The van der Waals surface area contributed by atoms with Crippen LogP contribution in [0.2, 0.25) is 0 Å². The number of anilines is 2. The highest BCUT2D eigenvalue weighted by atomic mass is 35.5. The van der Waals surface area contributed by atoms with Crippen molar-refractivity contribution in [3.8, 4) is 5.88 Å². The van der Waals surface area contributed by atoms with Crippen molar-refractivity contribution in [2.24, 2.45) is 5.73 Å². The van der Waals surface area contributed by atoms with Crippen molar-refractivity contribution >= 4 is 29.9 Å². The summed E-state index contributed by atoms with van der Waals surface area (Å²) in [5.41, 5.74) is 7.31. The Hall–Kier alpha value is -2.31. The lowest BCUT2D eigenvalue weighted by molar-refractivity contribution is 0.0697. The van der Waals surface area contributed by atoms with Crippen LogP contribution in [-0.2, 0) is 6.54 Å². The fourth-order valence-corrected chi connectivity index (χ4v) is 1.74. The number of aromatic nitrogens is 1. The molecule has 0 bridgehead atoms. The van der Waals surface area contributed by atoms with Gasteiger partial charge in [0.2, 0.25) is 5.88 Å². The molecule has 0 unspecified atom stereocenters. The van der Waals surface area contributed by atoms with Gasteiger partial charge in [0.1, 0.15) is 11.4 Å². The number of nitrogens with one attached hydrogen (secondary N) is 1. The molecule has 0 radical (unpaired) electrons. The summed E-state index contributed by atoms with van der Waals surface area (Å²) >= 11 is 0. The van der Waals surface area contributed by atoms with Gasteiger partial charge in [-0.25, -0.2) is 4.79 Å². The topological polar surface area (TPSA) is 97.5 Å². The fraction of sp³-hybridized carbons (Fsp3) is 0.143. The highest BCUT2D eigenvalue weighted by Gasteiger charge is 2.13. The summed E-state index contributed by atoms with van der Waals surface area (Å²) in [5.74, 6) is -0.490. The second kappa shape index (κ2) is 7.47.